The Morgan fingerprint density at radius 2 is 2.50 bits per heavy atom. The molecule has 1 N–H and O–H groups in total. The maximum Gasteiger partial charge on any atom is 0.100 e. The number of nitriles is 1. The van der Waals surface area contributed by atoms with Crippen LogP contribution in [0.2, 0.25) is 0 Å². The second-order valence-electron chi connectivity index (χ2n) is 2.03. The molecule has 2 nitrogen and oxygen atoms in total. The highest BCUT2D eigenvalue weighted by Crippen LogP contribution is 2.20. The van der Waals surface area contributed by atoms with E-state index in [0.29, 0.717) is 5.56 Å². The average molecular weight is 153 g/mol. The predicted molar refractivity (Wildman–Crippen MR) is 39.7 cm³/mol. The van der Waals surface area contributed by atoms with Gasteiger partial charge in [-0.1, -0.05) is 0 Å². The zero-order valence-corrected chi connectivity index (χ0v) is 6.35. The van der Waals surface area contributed by atoms with Crippen LogP contribution >= 0.6 is 11.3 Å². The molecule has 0 aliphatic carbocycles. The Morgan fingerprint density at radius 1 is 1.80 bits per heavy atom. The fourth-order valence-electron chi connectivity index (χ4n) is 0.631. The van der Waals surface area contributed by atoms with E-state index in [9.17, 15) is 0 Å². The van der Waals surface area contributed by atoms with Gasteiger partial charge in [-0.15, -0.1) is 11.3 Å². The van der Waals surface area contributed by atoms with Crippen LogP contribution in [0.4, 0.5) is 0 Å². The molecular formula is C7H7NOS. The normalized spacial score (nSPS) is 12.5. The molecule has 0 unspecified atom stereocenters. The van der Waals surface area contributed by atoms with E-state index in [-0.39, 0.29) is 0 Å². The van der Waals surface area contributed by atoms with Gasteiger partial charge in [0.15, 0.2) is 0 Å². The standard InChI is InChI=1S/C7H7NOS/c1-5(9)7-2-6(3-8)4-10-7/h2,4-5,9H,1H3/t5-/m0/s1. The Labute approximate surface area is 63.4 Å². The second kappa shape index (κ2) is 2.82. The van der Waals surface area contributed by atoms with Crippen molar-refractivity contribution in [3.05, 3.63) is 21.9 Å². The SMILES string of the molecule is C[C@H](O)c1cc(C#N)cs1. The van der Waals surface area contributed by atoms with Crippen molar-refractivity contribution in [1.29, 1.82) is 5.26 Å². The number of hydrogen-bond acceptors (Lipinski definition) is 3. The number of aliphatic hydroxyl groups is 1. The Bertz CT molecular complexity index is 259. The van der Waals surface area contributed by atoms with Crippen molar-refractivity contribution in [3.8, 4) is 6.07 Å². The van der Waals surface area contributed by atoms with E-state index in [4.69, 9.17) is 10.4 Å². The highest BCUT2D eigenvalue weighted by Gasteiger charge is 2.03. The monoisotopic (exact) mass is 153 g/mol. The molecule has 1 heterocycles. The van der Waals surface area contributed by atoms with Crippen LogP contribution in [0.15, 0.2) is 11.4 Å². The molecule has 0 saturated carbocycles. The van der Waals surface area contributed by atoms with Crippen molar-refractivity contribution < 1.29 is 5.11 Å². The van der Waals surface area contributed by atoms with Crippen molar-refractivity contribution in [2.24, 2.45) is 0 Å². The summed E-state index contributed by atoms with van der Waals surface area (Å²) >= 11 is 1.41. The third kappa shape index (κ3) is 1.35. The summed E-state index contributed by atoms with van der Waals surface area (Å²) in [5.74, 6) is 0. The fraction of sp³-hybridized carbons (Fsp3) is 0.286. The number of aliphatic hydroxyl groups excluding tert-OH is 1. The minimum atomic E-state index is -0.452. The summed E-state index contributed by atoms with van der Waals surface area (Å²) in [6.07, 6.45) is -0.452. The first-order valence-electron chi connectivity index (χ1n) is 2.90. The topological polar surface area (TPSA) is 44.0 Å². The van der Waals surface area contributed by atoms with Crippen LogP contribution in [-0.4, -0.2) is 5.11 Å². The Morgan fingerprint density at radius 3 is 2.80 bits per heavy atom. The van der Waals surface area contributed by atoms with Gasteiger partial charge in [-0.25, -0.2) is 0 Å². The van der Waals surface area contributed by atoms with E-state index in [0.717, 1.165) is 4.88 Å². The average Bonchev–Trinajstić information content (AvgIpc) is 2.34. The van der Waals surface area contributed by atoms with Gasteiger partial charge >= 0.3 is 0 Å². The van der Waals surface area contributed by atoms with E-state index < -0.39 is 6.10 Å². The van der Waals surface area contributed by atoms with Gasteiger partial charge in [0, 0.05) is 10.3 Å². The Kier molecular flexibility index (Phi) is 2.05. The van der Waals surface area contributed by atoms with Crippen LogP contribution in [0.3, 0.4) is 0 Å². The van der Waals surface area contributed by atoms with Crippen LogP contribution < -0.4 is 0 Å². The summed E-state index contributed by atoms with van der Waals surface area (Å²) in [7, 11) is 0. The van der Waals surface area contributed by atoms with Crippen LogP contribution in [0, 0.1) is 11.3 Å². The van der Waals surface area contributed by atoms with Gasteiger partial charge in [-0.2, -0.15) is 5.26 Å². The molecule has 0 radical (unpaired) electrons. The van der Waals surface area contributed by atoms with E-state index in [1.165, 1.54) is 11.3 Å². The van der Waals surface area contributed by atoms with Crippen molar-refractivity contribution in [2.75, 3.05) is 0 Å². The van der Waals surface area contributed by atoms with Gasteiger partial charge < -0.3 is 5.11 Å². The summed E-state index contributed by atoms with van der Waals surface area (Å²) in [5, 5.41) is 19.2. The molecule has 0 aliphatic rings. The first-order valence-corrected chi connectivity index (χ1v) is 3.78. The van der Waals surface area contributed by atoms with Crippen molar-refractivity contribution in [1.82, 2.24) is 0 Å². The number of thiophene rings is 1. The van der Waals surface area contributed by atoms with Gasteiger partial charge in [0.05, 0.1) is 11.7 Å². The molecule has 1 aromatic rings. The molecule has 1 aromatic heterocycles. The van der Waals surface area contributed by atoms with Crippen LogP contribution in [-0.2, 0) is 0 Å². The lowest BCUT2D eigenvalue weighted by molar-refractivity contribution is 0.203. The third-order valence-corrected chi connectivity index (χ3v) is 2.26. The minimum Gasteiger partial charge on any atom is -0.388 e. The lowest BCUT2D eigenvalue weighted by Gasteiger charge is -1.95. The smallest absolute Gasteiger partial charge is 0.100 e. The van der Waals surface area contributed by atoms with E-state index in [2.05, 4.69) is 0 Å². The van der Waals surface area contributed by atoms with Crippen LogP contribution in [0.25, 0.3) is 0 Å². The van der Waals surface area contributed by atoms with Crippen LogP contribution in [0.1, 0.15) is 23.5 Å². The Hall–Kier alpha value is -0.850. The minimum absolute atomic E-state index is 0.452. The maximum atomic E-state index is 9.03. The summed E-state index contributed by atoms with van der Waals surface area (Å²) in [5.41, 5.74) is 0.626. The molecule has 1 rings (SSSR count). The summed E-state index contributed by atoms with van der Waals surface area (Å²) in [6, 6.07) is 3.71. The lowest BCUT2D eigenvalue weighted by Crippen LogP contribution is -1.83. The van der Waals surface area contributed by atoms with E-state index >= 15 is 0 Å². The molecule has 0 bridgehead atoms. The Balaban J connectivity index is 2.91. The van der Waals surface area contributed by atoms with Crippen LogP contribution in [0.5, 0.6) is 0 Å². The molecule has 52 valence electrons. The van der Waals surface area contributed by atoms with Gasteiger partial charge in [0.1, 0.15) is 6.07 Å². The summed E-state index contributed by atoms with van der Waals surface area (Å²) < 4.78 is 0. The second-order valence-corrected chi connectivity index (χ2v) is 2.97. The van der Waals surface area contributed by atoms with Gasteiger partial charge in [-0.05, 0) is 13.0 Å². The molecule has 10 heavy (non-hydrogen) atoms. The van der Waals surface area contributed by atoms with Gasteiger partial charge in [-0.3, -0.25) is 0 Å². The highest BCUT2D eigenvalue weighted by molar-refractivity contribution is 7.10. The first-order chi connectivity index (χ1) is 4.74. The number of nitrogens with zero attached hydrogens (tertiary/aromatic N) is 1. The van der Waals surface area contributed by atoms with Crippen molar-refractivity contribution in [2.45, 2.75) is 13.0 Å². The molecule has 0 amide bonds. The largest absolute Gasteiger partial charge is 0.388 e. The van der Waals surface area contributed by atoms with Crippen molar-refractivity contribution >= 4 is 11.3 Å². The molecule has 1 atom stereocenters. The van der Waals surface area contributed by atoms with E-state index in [1.54, 1.807) is 18.4 Å². The molecule has 0 spiro atoms. The maximum absolute atomic E-state index is 9.03. The van der Waals surface area contributed by atoms with Gasteiger partial charge in [0.2, 0.25) is 0 Å². The number of hydrogen-bond donors (Lipinski definition) is 1. The molecule has 0 fully saturated rings. The summed E-state index contributed by atoms with van der Waals surface area (Å²) in [6.45, 7) is 1.69. The third-order valence-electron chi connectivity index (χ3n) is 1.16. The number of rotatable bonds is 1. The zero-order valence-electron chi connectivity index (χ0n) is 5.53. The molecule has 0 aliphatic heterocycles. The molecule has 3 heteroatoms. The first kappa shape index (κ1) is 7.26. The fourth-order valence-corrected chi connectivity index (χ4v) is 1.41. The highest BCUT2D eigenvalue weighted by atomic mass is 32.1. The van der Waals surface area contributed by atoms with Crippen molar-refractivity contribution in [3.63, 3.8) is 0 Å². The quantitative estimate of drug-likeness (QED) is 0.667. The molecular weight excluding hydrogens is 146 g/mol. The molecule has 0 saturated heterocycles. The lowest BCUT2D eigenvalue weighted by atomic mass is 10.3. The molecule has 0 aromatic carbocycles. The van der Waals surface area contributed by atoms with E-state index in [1.807, 2.05) is 6.07 Å². The van der Waals surface area contributed by atoms with Gasteiger partial charge in [0.25, 0.3) is 0 Å². The zero-order chi connectivity index (χ0) is 7.56. The summed E-state index contributed by atoms with van der Waals surface area (Å²) in [4.78, 5) is 0.844. The predicted octanol–water partition coefficient (Wildman–Crippen LogP) is 1.67.